The van der Waals surface area contributed by atoms with Gasteiger partial charge in [0.2, 0.25) is 0 Å². The fourth-order valence-corrected chi connectivity index (χ4v) is 7.98. The summed E-state index contributed by atoms with van der Waals surface area (Å²) in [6.45, 7) is 7.84. The molecular formula is C41H58N2O6. The smallest absolute Gasteiger partial charge is 0.254 e. The quantitative estimate of drug-likeness (QED) is 0.224. The van der Waals surface area contributed by atoms with Crippen LogP contribution in [-0.4, -0.2) is 73.2 Å². The topological polar surface area (TPSA) is 77.5 Å². The summed E-state index contributed by atoms with van der Waals surface area (Å²) in [5.41, 5.74) is 2.90. The van der Waals surface area contributed by atoms with Crippen LogP contribution in [-0.2, 0) is 18.9 Å². The molecule has 0 radical (unpaired) electrons. The molecule has 4 fully saturated rings. The number of hydrogen-bond donors (Lipinski definition) is 0. The van der Waals surface area contributed by atoms with Gasteiger partial charge < -0.3 is 28.7 Å². The van der Waals surface area contributed by atoms with Gasteiger partial charge in [-0.25, -0.2) is 0 Å². The number of amides is 2. The van der Waals surface area contributed by atoms with Gasteiger partial charge in [-0.3, -0.25) is 9.59 Å². The highest BCUT2D eigenvalue weighted by Gasteiger charge is 2.43. The Bertz CT molecular complexity index is 1210. The Morgan fingerprint density at radius 2 is 0.918 bits per heavy atom. The molecule has 2 aromatic rings. The van der Waals surface area contributed by atoms with Crippen LogP contribution < -0.4 is 0 Å². The van der Waals surface area contributed by atoms with E-state index in [-0.39, 0.29) is 17.2 Å². The summed E-state index contributed by atoms with van der Waals surface area (Å²) in [4.78, 5) is 31.4. The molecule has 6 rings (SSSR count). The highest BCUT2D eigenvalue weighted by atomic mass is 16.7. The predicted molar refractivity (Wildman–Crippen MR) is 190 cm³/mol. The molecule has 1 spiro atoms. The van der Waals surface area contributed by atoms with E-state index in [2.05, 4.69) is 23.6 Å². The number of carbonyl (C=O) groups excluding carboxylic acids is 2. The maximum Gasteiger partial charge on any atom is 0.254 e. The summed E-state index contributed by atoms with van der Waals surface area (Å²) < 4.78 is 24.9. The average molecular weight is 675 g/mol. The molecule has 49 heavy (non-hydrogen) atoms. The maximum absolute atomic E-state index is 13.6. The van der Waals surface area contributed by atoms with Crippen LogP contribution in [0.4, 0.5) is 0 Å². The Morgan fingerprint density at radius 3 is 1.24 bits per heavy atom. The van der Waals surface area contributed by atoms with Gasteiger partial charge in [0.1, 0.15) is 0 Å². The molecule has 2 saturated heterocycles. The normalized spacial score (nSPS) is 25.3. The van der Waals surface area contributed by atoms with Gasteiger partial charge in [0.05, 0.1) is 31.8 Å². The van der Waals surface area contributed by atoms with Crippen LogP contribution in [0.15, 0.2) is 48.5 Å². The minimum absolute atomic E-state index is 0.136. The van der Waals surface area contributed by atoms with Gasteiger partial charge in [0.15, 0.2) is 12.6 Å². The Kier molecular flexibility index (Phi) is 12.8. The molecule has 2 aliphatic heterocycles. The van der Waals surface area contributed by atoms with Crippen LogP contribution in [0.25, 0.3) is 0 Å². The molecule has 2 amide bonds. The van der Waals surface area contributed by atoms with Gasteiger partial charge in [0.25, 0.3) is 11.8 Å². The number of rotatable bonds is 12. The Labute approximate surface area is 293 Å². The van der Waals surface area contributed by atoms with E-state index in [1.165, 1.54) is 38.5 Å². The molecule has 2 heterocycles. The highest BCUT2D eigenvalue weighted by molar-refractivity contribution is 5.95. The first-order valence-electron chi connectivity index (χ1n) is 19.3. The zero-order valence-electron chi connectivity index (χ0n) is 29.9. The second-order valence-electron chi connectivity index (χ2n) is 14.9. The lowest BCUT2D eigenvalue weighted by Crippen LogP contribution is -2.49. The molecule has 2 aliphatic carbocycles. The largest absolute Gasteiger partial charge is 0.348 e. The standard InChI is InChI=1S/C41H58N2O6/c1-3-5-25-42(35-13-9-7-10-14-35)37(44)31-17-21-33(22-18-31)39-46-27-41(28-47-39)29-48-40(49-30-41)34-23-19-32(20-24-34)38(45)43(26-6-4-2)36-15-11-8-12-16-36/h17-24,35-36,39-40H,3-16,25-30H2,1-2H3. The van der Waals surface area contributed by atoms with Gasteiger partial charge in [-0.1, -0.05) is 89.5 Å². The zero-order valence-corrected chi connectivity index (χ0v) is 29.9. The van der Waals surface area contributed by atoms with Gasteiger partial charge in [-0.15, -0.1) is 0 Å². The molecule has 0 atom stereocenters. The number of unbranched alkanes of at least 4 members (excludes halogenated alkanes) is 2. The van der Waals surface area contributed by atoms with Crippen LogP contribution >= 0.6 is 0 Å². The molecule has 0 aromatic heterocycles. The summed E-state index contributed by atoms with van der Waals surface area (Å²) >= 11 is 0. The molecule has 8 nitrogen and oxygen atoms in total. The first-order chi connectivity index (χ1) is 24.0. The number of ether oxygens (including phenoxy) is 4. The molecule has 0 bridgehead atoms. The SMILES string of the molecule is CCCCN(C(=O)c1ccc(C2OCC3(CO2)COC(c2ccc(C(=O)N(CCCC)C4CCCCC4)cc2)OC3)cc1)C1CCCCC1. The van der Waals surface area contributed by atoms with Crippen molar-refractivity contribution in [2.75, 3.05) is 39.5 Å². The van der Waals surface area contributed by atoms with Crippen molar-refractivity contribution >= 4 is 11.8 Å². The summed E-state index contributed by atoms with van der Waals surface area (Å²) in [6, 6.07) is 16.3. The van der Waals surface area contributed by atoms with Crippen molar-refractivity contribution < 1.29 is 28.5 Å². The second kappa shape index (κ2) is 17.4. The number of hydrogen-bond acceptors (Lipinski definition) is 6. The number of carbonyl (C=O) groups is 2. The van der Waals surface area contributed by atoms with Crippen molar-refractivity contribution in [3.63, 3.8) is 0 Å². The minimum Gasteiger partial charge on any atom is -0.348 e. The second-order valence-corrected chi connectivity index (χ2v) is 14.9. The lowest BCUT2D eigenvalue weighted by molar-refractivity contribution is -0.307. The van der Waals surface area contributed by atoms with E-state index in [9.17, 15) is 9.59 Å². The third-order valence-corrected chi connectivity index (χ3v) is 11.1. The molecular weight excluding hydrogens is 616 g/mol. The zero-order chi connectivity index (χ0) is 34.1. The fraction of sp³-hybridized carbons (Fsp3) is 0.659. The third-order valence-electron chi connectivity index (χ3n) is 11.1. The average Bonchev–Trinajstić information content (AvgIpc) is 3.17. The summed E-state index contributed by atoms with van der Waals surface area (Å²) in [6.07, 6.45) is 15.1. The third kappa shape index (κ3) is 8.94. The van der Waals surface area contributed by atoms with E-state index < -0.39 is 12.6 Å². The molecule has 2 saturated carbocycles. The lowest BCUT2D eigenvalue weighted by Gasteiger charge is -2.43. The fourth-order valence-electron chi connectivity index (χ4n) is 7.98. The van der Waals surface area contributed by atoms with E-state index in [4.69, 9.17) is 18.9 Å². The monoisotopic (exact) mass is 674 g/mol. The lowest BCUT2D eigenvalue weighted by atomic mass is 9.90. The van der Waals surface area contributed by atoms with Gasteiger partial charge in [-0.05, 0) is 62.8 Å². The van der Waals surface area contributed by atoms with Crippen LogP contribution in [0.5, 0.6) is 0 Å². The molecule has 0 N–H and O–H groups in total. The van der Waals surface area contributed by atoms with Crippen molar-refractivity contribution in [2.45, 2.75) is 128 Å². The molecule has 0 unspecified atom stereocenters. The highest BCUT2D eigenvalue weighted by Crippen LogP contribution is 2.38. The maximum atomic E-state index is 13.6. The minimum atomic E-state index is -0.488. The Morgan fingerprint density at radius 1 is 0.571 bits per heavy atom. The summed E-state index contributed by atoms with van der Waals surface area (Å²) in [5.74, 6) is 0.272. The van der Waals surface area contributed by atoms with Crippen molar-refractivity contribution in [3.05, 3.63) is 70.8 Å². The van der Waals surface area contributed by atoms with Crippen LogP contribution in [0.2, 0.25) is 0 Å². The van der Waals surface area contributed by atoms with E-state index in [1.54, 1.807) is 0 Å². The van der Waals surface area contributed by atoms with Crippen molar-refractivity contribution in [2.24, 2.45) is 5.41 Å². The van der Waals surface area contributed by atoms with Crippen molar-refractivity contribution in [3.8, 4) is 0 Å². The molecule has 4 aliphatic rings. The number of benzene rings is 2. The molecule has 268 valence electrons. The molecule has 2 aromatic carbocycles. The number of nitrogens with zero attached hydrogens (tertiary/aromatic N) is 2. The van der Waals surface area contributed by atoms with Crippen molar-refractivity contribution in [1.29, 1.82) is 0 Å². The van der Waals surface area contributed by atoms with E-state index in [0.717, 1.165) is 86.7 Å². The first-order valence-corrected chi connectivity index (χ1v) is 19.3. The van der Waals surface area contributed by atoms with Gasteiger partial charge in [-0.2, -0.15) is 0 Å². The van der Waals surface area contributed by atoms with Crippen LogP contribution in [0.3, 0.4) is 0 Å². The Balaban J connectivity index is 0.994. The van der Waals surface area contributed by atoms with Crippen LogP contribution in [0.1, 0.15) is 148 Å². The molecule has 8 heteroatoms. The summed E-state index contributed by atoms with van der Waals surface area (Å²) in [7, 11) is 0. The van der Waals surface area contributed by atoms with Crippen molar-refractivity contribution in [1.82, 2.24) is 9.80 Å². The van der Waals surface area contributed by atoms with Gasteiger partial charge >= 0.3 is 0 Å². The van der Waals surface area contributed by atoms with Crippen LogP contribution in [0, 0.1) is 5.41 Å². The Hall–Kier alpha value is -2.78. The van der Waals surface area contributed by atoms with E-state index in [0.29, 0.717) is 38.5 Å². The van der Waals surface area contributed by atoms with E-state index in [1.807, 2.05) is 48.5 Å². The van der Waals surface area contributed by atoms with E-state index >= 15 is 0 Å². The predicted octanol–water partition coefficient (Wildman–Crippen LogP) is 8.61. The summed E-state index contributed by atoms with van der Waals surface area (Å²) in [5, 5.41) is 0. The first kappa shape index (κ1) is 36.0. The van der Waals surface area contributed by atoms with Gasteiger partial charge in [0, 0.05) is 47.4 Å².